The molecule has 0 bridgehead atoms. The SMILES string of the molecule is CC(=O)Oc1c(Cl)cc([N+](=O)[O-])cc1N1C(=O)c2ccccc2C1=O. The molecule has 25 heavy (non-hydrogen) atoms. The minimum absolute atomic E-state index is 0.143. The fourth-order valence-corrected chi connectivity index (χ4v) is 2.74. The van der Waals surface area contributed by atoms with E-state index in [0.29, 0.717) is 4.90 Å². The van der Waals surface area contributed by atoms with Crippen LogP contribution in [0.1, 0.15) is 27.6 Å². The number of amides is 2. The second-order valence-electron chi connectivity index (χ2n) is 5.12. The minimum atomic E-state index is -0.756. The molecule has 1 aliphatic rings. The van der Waals surface area contributed by atoms with E-state index in [0.717, 1.165) is 19.1 Å². The van der Waals surface area contributed by atoms with Gasteiger partial charge in [-0.3, -0.25) is 24.5 Å². The summed E-state index contributed by atoms with van der Waals surface area (Å²) in [6.45, 7) is 1.10. The molecule has 0 radical (unpaired) electrons. The van der Waals surface area contributed by atoms with Gasteiger partial charge in [0.2, 0.25) is 0 Å². The van der Waals surface area contributed by atoms with Crippen LogP contribution < -0.4 is 9.64 Å². The molecule has 0 unspecified atom stereocenters. The Balaban J connectivity index is 2.22. The van der Waals surface area contributed by atoms with Gasteiger partial charge >= 0.3 is 5.97 Å². The molecule has 0 saturated carbocycles. The van der Waals surface area contributed by atoms with Crippen molar-refractivity contribution in [2.45, 2.75) is 6.92 Å². The number of anilines is 1. The first-order valence-electron chi connectivity index (χ1n) is 6.95. The zero-order chi connectivity index (χ0) is 18.3. The van der Waals surface area contributed by atoms with Crippen molar-refractivity contribution < 1.29 is 24.0 Å². The number of imide groups is 1. The Hall–Kier alpha value is -3.26. The summed E-state index contributed by atoms with van der Waals surface area (Å²) in [5, 5.41) is 10.8. The Labute approximate surface area is 145 Å². The molecular formula is C16H9ClN2O6. The van der Waals surface area contributed by atoms with Gasteiger partial charge in [0, 0.05) is 19.1 Å². The summed E-state index contributed by atoms with van der Waals surface area (Å²) in [6.07, 6.45) is 0. The van der Waals surface area contributed by atoms with E-state index in [1.807, 2.05) is 0 Å². The molecule has 0 atom stereocenters. The van der Waals surface area contributed by atoms with Gasteiger partial charge in [0.15, 0.2) is 5.75 Å². The van der Waals surface area contributed by atoms with E-state index in [9.17, 15) is 24.5 Å². The third-order valence-electron chi connectivity index (χ3n) is 3.50. The average Bonchev–Trinajstić information content (AvgIpc) is 2.81. The summed E-state index contributed by atoms with van der Waals surface area (Å²) in [7, 11) is 0. The lowest BCUT2D eigenvalue weighted by Gasteiger charge is -2.18. The van der Waals surface area contributed by atoms with Crippen molar-refractivity contribution in [2.24, 2.45) is 0 Å². The highest BCUT2D eigenvalue weighted by Gasteiger charge is 2.39. The van der Waals surface area contributed by atoms with E-state index in [2.05, 4.69) is 0 Å². The Morgan fingerprint density at radius 1 is 1.16 bits per heavy atom. The number of non-ortho nitro benzene ring substituents is 1. The predicted molar refractivity (Wildman–Crippen MR) is 87.0 cm³/mol. The highest BCUT2D eigenvalue weighted by Crippen LogP contribution is 2.42. The van der Waals surface area contributed by atoms with Gasteiger partial charge in [0.1, 0.15) is 5.69 Å². The minimum Gasteiger partial charge on any atom is -0.423 e. The van der Waals surface area contributed by atoms with Gasteiger partial charge in [-0.05, 0) is 12.1 Å². The monoisotopic (exact) mass is 360 g/mol. The molecule has 2 amide bonds. The molecule has 126 valence electrons. The van der Waals surface area contributed by atoms with Crippen molar-refractivity contribution >= 4 is 40.8 Å². The summed E-state index contributed by atoms with van der Waals surface area (Å²) in [6, 6.07) is 8.02. The van der Waals surface area contributed by atoms with Gasteiger partial charge in [0.05, 0.1) is 21.1 Å². The van der Waals surface area contributed by atoms with Crippen LogP contribution in [0.15, 0.2) is 36.4 Å². The lowest BCUT2D eigenvalue weighted by Crippen LogP contribution is -2.30. The number of carbonyl (C=O) groups excluding carboxylic acids is 3. The molecule has 0 aromatic heterocycles. The number of nitro benzene ring substituents is 1. The summed E-state index contributed by atoms with van der Waals surface area (Å²) in [5.41, 5.74) is -0.430. The van der Waals surface area contributed by atoms with Crippen LogP contribution in [0, 0.1) is 10.1 Å². The maximum atomic E-state index is 12.6. The Morgan fingerprint density at radius 2 is 1.72 bits per heavy atom. The third kappa shape index (κ3) is 2.72. The Morgan fingerprint density at radius 3 is 2.20 bits per heavy atom. The summed E-state index contributed by atoms with van der Waals surface area (Å²) in [4.78, 5) is 47.6. The number of nitrogens with zero attached hydrogens (tertiary/aromatic N) is 2. The van der Waals surface area contributed by atoms with Gasteiger partial charge < -0.3 is 4.74 Å². The number of esters is 1. The quantitative estimate of drug-likeness (QED) is 0.274. The maximum absolute atomic E-state index is 12.6. The molecule has 0 fully saturated rings. The molecule has 0 aliphatic carbocycles. The van der Waals surface area contributed by atoms with Gasteiger partial charge in [-0.15, -0.1) is 0 Å². The Kier molecular flexibility index (Phi) is 3.97. The summed E-state index contributed by atoms with van der Waals surface area (Å²) in [5.74, 6) is -2.43. The van der Waals surface area contributed by atoms with Crippen molar-refractivity contribution in [1.29, 1.82) is 0 Å². The highest BCUT2D eigenvalue weighted by molar-refractivity contribution is 6.37. The van der Waals surface area contributed by atoms with Crippen molar-refractivity contribution in [3.8, 4) is 5.75 Å². The molecule has 8 nitrogen and oxygen atoms in total. The van der Waals surface area contributed by atoms with Crippen molar-refractivity contribution in [2.75, 3.05) is 4.90 Å². The number of fused-ring (bicyclic) bond motifs is 1. The van der Waals surface area contributed by atoms with E-state index in [-0.39, 0.29) is 27.6 Å². The molecule has 3 rings (SSSR count). The maximum Gasteiger partial charge on any atom is 0.308 e. The molecule has 2 aromatic carbocycles. The standard InChI is InChI=1S/C16H9ClN2O6/c1-8(20)25-14-12(17)6-9(19(23)24)7-13(14)18-15(21)10-4-2-3-5-11(10)16(18)22/h2-7H,1H3. The zero-order valence-corrected chi connectivity index (χ0v) is 13.4. The number of nitro groups is 1. The van der Waals surface area contributed by atoms with Gasteiger partial charge in [-0.25, -0.2) is 4.90 Å². The van der Waals surface area contributed by atoms with Crippen LogP contribution in [0.5, 0.6) is 5.75 Å². The second-order valence-corrected chi connectivity index (χ2v) is 5.53. The molecule has 0 saturated heterocycles. The molecule has 9 heteroatoms. The average molecular weight is 361 g/mol. The molecular weight excluding hydrogens is 352 g/mol. The smallest absolute Gasteiger partial charge is 0.308 e. The predicted octanol–water partition coefficient (Wildman–Crippen LogP) is 2.97. The summed E-state index contributed by atoms with van der Waals surface area (Å²) >= 11 is 5.98. The molecule has 2 aromatic rings. The first-order chi connectivity index (χ1) is 11.8. The lowest BCUT2D eigenvalue weighted by molar-refractivity contribution is -0.384. The third-order valence-corrected chi connectivity index (χ3v) is 3.78. The number of benzene rings is 2. The van der Waals surface area contributed by atoms with E-state index >= 15 is 0 Å². The fraction of sp³-hybridized carbons (Fsp3) is 0.0625. The topological polar surface area (TPSA) is 107 Å². The van der Waals surface area contributed by atoms with E-state index in [1.54, 1.807) is 12.1 Å². The Bertz CT molecular complexity index is 921. The van der Waals surface area contributed by atoms with Crippen molar-refractivity contribution in [3.05, 3.63) is 62.7 Å². The number of rotatable bonds is 3. The van der Waals surface area contributed by atoms with Crippen LogP contribution in [-0.4, -0.2) is 22.7 Å². The molecule has 1 aliphatic heterocycles. The number of carbonyl (C=O) groups is 3. The normalized spacial score (nSPS) is 13.0. The molecule has 0 spiro atoms. The highest BCUT2D eigenvalue weighted by atomic mass is 35.5. The number of ether oxygens (including phenoxy) is 1. The lowest BCUT2D eigenvalue weighted by atomic mass is 10.1. The largest absolute Gasteiger partial charge is 0.423 e. The van der Waals surface area contributed by atoms with Gasteiger partial charge in [0.25, 0.3) is 17.5 Å². The zero-order valence-electron chi connectivity index (χ0n) is 12.7. The number of hydrogen-bond donors (Lipinski definition) is 0. The van der Waals surface area contributed by atoms with Crippen molar-refractivity contribution in [1.82, 2.24) is 0 Å². The van der Waals surface area contributed by atoms with Crippen molar-refractivity contribution in [3.63, 3.8) is 0 Å². The van der Waals surface area contributed by atoms with Crippen LogP contribution in [-0.2, 0) is 4.79 Å². The van der Waals surface area contributed by atoms with Crippen LogP contribution in [0.2, 0.25) is 5.02 Å². The molecule has 0 N–H and O–H groups in total. The van der Waals surface area contributed by atoms with E-state index in [4.69, 9.17) is 16.3 Å². The van der Waals surface area contributed by atoms with Crippen LogP contribution in [0.3, 0.4) is 0 Å². The first kappa shape index (κ1) is 16.6. The van der Waals surface area contributed by atoms with Crippen LogP contribution >= 0.6 is 11.6 Å². The van der Waals surface area contributed by atoms with Crippen LogP contribution in [0.4, 0.5) is 11.4 Å². The van der Waals surface area contributed by atoms with E-state index < -0.39 is 28.4 Å². The van der Waals surface area contributed by atoms with E-state index in [1.165, 1.54) is 12.1 Å². The fourth-order valence-electron chi connectivity index (χ4n) is 2.49. The van der Waals surface area contributed by atoms with Gasteiger partial charge in [-0.2, -0.15) is 0 Å². The molecule has 1 heterocycles. The van der Waals surface area contributed by atoms with Crippen LogP contribution in [0.25, 0.3) is 0 Å². The second kappa shape index (κ2) is 5.99. The first-order valence-corrected chi connectivity index (χ1v) is 7.33. The van der Waals surface area contributed by atoms with Gasteiger partial charge in [-0.1, -0.05) is 23.7 Å². The number of hydrogen-bond acceptors (Lipinski definition) is 6. The number of halogens is 1. The summed E-state index contributed by atoms with van der Waals surface area (Å²) < 4.78 is 4.98.